The van der Waals surface area contributed by atoms with Crippen molar-refractivity contribution in [2.45, 2.75) is 13.0 Å². The predicted molar refractivity (Wildman–Crippen MR) is 106 cm³/mol. The lowest BCUT2D eigenvalue weighted by atomic mass is 10.1. The van der Waals surface area contributed by atoms with Gasteiger partial charge in [-0.2, -0.15) is 0 Å². The van der Waals surface area contributed by atoms with E-state index in [0.717, 1.165) is 27.8 Å². The third-order valence-electron chi connectivity index (χ3n) is 4.48. The summed E-state index contributed by atoms with van der Waals surface area (Å²) >= 11 is 6.11. The molecule has 0 spiro atoms. The number of hydrogen-bond acceptors (Lipinski definition) is 4. The zero-order chi connectivity index (χ0) is 18.1. The number of sulfonamides is 1. The monoisotopic (exact) mass is 387 g/mol. The number of fused-ring (bicyclic) bond motifs is 1. The molecule has 0 unspecified atom stereocenters. The highest BCUT2D eigenvalue weighted by Gasteiger charge is 2.28. The van der Waals surface area contributed by atoms with E-state index >= 15 is 0 Å². The number of rotatable bonds is 4. The second-order valence-electron chi connectivity index (χ2n) is 6.29. The minimum Gasteiger partial charge on any atom is -0.380 e. The molecule has 26 heavy (non-hydrogen) atoms. The van der Waals surface area contributed by atoms with Crippen LogP contribution in [-0.4, -0.2) is 25.7 Å². The van der Waals surface area contributed by atoms with Crippen molar-refractivity contribution in [3.8, 4) is 0 Å². The fraction of sp³-hybridized carbons (Fsp3) is 0.211. The third kappa shape index (κ3) is 3.34. The summed E-state index contributed by atoms with van der Waals surface area (Å²) in [6, 6.07) is 15.1. The fourth-order valence-corrected chi connectivity index (χ4v) is 4.95. The second kappa shape index (κ2) is 6.78. The van der Waals surface area contributed by atoms with E-state index in [2.05, 4.69) is 10.3 Å². The predicted octanol–water partition coefficient (Wildman–Crippen LogP) is 4.04. The maximum Gasteiger partial charge on any atom is 0.235 e. The standard InChI is InChI=1S/C19H18ClN3O2S/c20-15-5-6-18-17(12-15)19(7-8-21-18)22-13-14-3-1-4-16(11-14)23-9-2-10-26(23,24)25/h1,3-8,11-12H,2,9-10,13H2,(H,21,22). The zero-order valence-electron chi connectivity index (χ0n) is 14.0. The van der Waals surface area contributed by atoms with Crippen LogP contribution in [0.5, 0.6) is 0 Å². The molecule has 0 aliphatic carbocycles. The number of halogens is 1. The Bertz CT molecular complexity index is 1070. The Labute approximate surface area is 157 Å². The van der Waals surface area contributed by atoms with Gasteiger partial charge in [0.25, 0.3) is 0 Å². The van der Waals surface area contributed by atoms with E-state index in [9.17, 15) is 8.42 Å². The van der Waals surface area contributed by atoms with Crippen molar-refractivity contribution in [1.82, 2.24) is 4.98 Å². The van der Waals surface area contributed by atoms with E-state index in [0.29, 0.717) is 24.5 Å². The molecule has 0 amide bonds. The molecule has 2 aromatic carbocycles. The van der Waals surface area contributed by atoms with Crippen LogP contribution in [0.15, 0.2) is 54.7 Å². The molecule has 0 radical (unpaired) electrons. The number of nitrogens with one attached hydrogen (secondary N) is 1. The van der Waals surface area contributed by atoms with Gasteiger partial charge in [-0.25, -0.2) is 8.42 Å². The molecule has 1 saturated heterocycles. The van der Waals surface area contributed by atoms with Crippen LogP contribution in [0.4, 0.5) is 11.4 Å². The van der Waals surface area contributed by atoms with E-state index in [1.54, 1.807) is 6.20 Å². The molecule has 4 rings (SSSR count). The van der Waals surface area contributed by atoms with Crippen LogP contribution in [0.1, 0.15) is 12.0 Å². The quantitative estimate of drug-likeness (QED) is 0.733. The van der Waals surface area contributed by atoms with Crippen LogP contribution < -0.4 is 9.62 Å². The van der Waals surface area contributed by atoms with E-state index in [-0.39, 0.29) is 5.75 Å². The van der Waals surface area contributed by atoms with Crippen molar-refractivity contribution in [2.75, 3.05) is 21.9 Å². The molecule has 1 fully saturated rings. The average Bonchev–Trinajstić information content (AvgIpc) is 2.99. The first-order valence-corrected chi connectivity index (χ1v) is 10.4. The van der Waals surface area contributed by atoms with Crippen LogP contribution in [0, 0.1) is 0 Å². The number of pyridine rings is 1. The maximum atomic E-state index is 12.1. The lowest BCUT2D eigenvalue weighted by Crippen LogP contribution is -2.25. The minimum absolute atomic E-state index is 0.221. The first kappa shape index (κ1) is 17.1. The summed E-state index contributed by atoms with van der Waals surface area (Å²) in [7, 11) is -3.17. The minimum atomic E-state index is -3.17. The number of anilines is 2. The van der Waals surface area contributed by atoms with Gasteiger partial charge in [0.1, 0.15) is 0 Å². The highest BCUT2D eigenvalue weighted by molar-refractivity contribution is 7.93. The van der Waals surface area contributed by atoms with Crippen molar-refractivity contribution < 1.29 is 8.42 Å². The van der Waals surface area contributed by atoms with Crippen molar-refractivity contribution >= 4 is 43.9 Å². The third-order valence-corrected chi connectivity index (χ3v) is 6.59. The molecule has 2 heterocycles. The van der Waals surface area contributed by atoms with Gasteiger partial charge in [0, 0.05) is 35.4 Å². The van der Waals surface area contributed by atoms with Gasteiger partial charge in [0.15, 0.2) is 0 Å². The summed E-state index contributed by atoms with van der Waals surface area (Å²) in [5.41, 5.74) is 3.55. The van der Waals surface area contributed by atoms with Crippen LogP contribution in [0.3, 0.4) is 0 Å². The molecule has 5 nitrogen and oxygen atoms in total. The largest absolute Gasteiger partial charge is 0.380 e. The van der Waals surface area contributed by atoms with Gasteiger partial charge in [0.05, 0.1) is 17.0 Å². The second-order valence-corrected chi connectivity index (χ2v) is 8.73. The van der Waals surface area contributed by atoms with Crippen molar-refractivity contribution in [1.29, 1.82) is 0 Å². The first-order valence-electron chi connectivity index (χ1n) is 8.40. The van der Waals surface area contributed by atoms with E-state index < -0.39 is 10.0 Å². The number of benzene rings is 2. The Morgan fingerprint density at radius 2 is 2.04 bits per heavy atom. The molecule has 7 heteroatoms. The van der Waals surface area contributed by atoms with Gasteiger partial charge < -0.3 is 5.32 Å². The van der Waals surface area contributed by atoms with Gasteiger partial charge in [-0.05, 0) is 48.4 Å². The maximum absolute atomic E-state index is 12.1. The number of aromatic nitrogens is 1. The molecule has 1 aliphatic heterocycles. The van der Waals surface area contributed by atoms with Crippen LogP contribution >= 0.6 is 11.6 Å². The van der Waals surface area contributed by atoms with Crippen molar-refractivity contribution in [3.63, 3.8) is 0 Å². The Kier molecular flexibility index (Phi) is 4.46. The summed E-state index contributed by atoms with van der Waals surface area (Å²) < 4.78 is 25.7. The van der Waals surface area contributed by atoms with Crippen molar-refractivity contribution in [3.05, 3.63) is 65.3 Å². The molecule has 1 aliphatic rings. The highest BCUT2D eigenvalue weighted by Crippen LogP contribution is 2.27. The smallest absolute Gasteiger partial charge is 0.235 e. The van der Waals surface area contributed by atoms with Gasteiger partial charge in [-0.3, -0.25) is 9.29 Å². The topological polar surface area (TPSA) is 62.3 Å². The molecular weight excluding hydrogens is 370 g/mol. The fourth-order valence-electron chi connectivity index (χ4n) is 3.22. The van der Waals surface area contributed by atoms with Crippen LogP contribution in [-0.2, 0) is 16.6 Å². The van der Waals surface area contributed by atoms with Gasteiger partial charge in [-0.15, -0.1) is 0 Å². The Hall–Kier alpha value is -2.31. The summed E-state index contributed by atoms with van der Waals surface area (Å²) in [6.45, 7) is 1.13. The first-order chi connectivity index (χ1) is 12.5. The lowest BCUT2D eigenvalue weighted by Gasteiger charge is -2.18. The van der Waals surface area contributed by atoms with Crippen molar-refractivity contribution in [2.24, 2.45) is 0 Å². The van der Waals surface area contributed by atoms with Crippen LogP contribution in [0.25, 0.3) is 10.9 Å². The molecule has 1 aromatic heterocycles. The van der Waals surface area contributed by atoms with Gasteiger partial charge >= 0.3 is 0 Å². The molecule has 3 aromatic rings. The van der Waals surface area contributed by atoms with E-state index in [4.69, 9.17) is 11.6 Å². The molecular formula is C19H18ClN3O2S. The Morgan fingerprint density at radius 3 is 2.85 bits per heavy atom. The molecule has 0 saturated carbocycles. The summed E-state index contributed by atoms with van der Waals surface area (Å²) in [5.74, 6) is 0.221. The summed E-state index contributed by atoms with van der Waals surface area (Å²) in [5, 5.41) is 5.02. The van der Waals surface area contributed by atoms with Gasteiger partial charge in [0.2, 0.25) is 10.0 Å². The zero-order valence-corrected chi connectivity index (χ0v) is 15.6. The number of hydrogen-bond donors (Lipinski definition) is 1. The molecule has 0 bridgehead atoms. The molecule has 0 atom stereocenters. The molecule has 134 valence electrons. The Morgan fingerprint density at radius 1 is 1.15 bits per heavy atom. The van der Waals surface area contributed by atoms with E-state index in [1.165, 1.54) is 4.31 Å². The highest BCUT2D eigenvalue weighted by atomic mass is 35.5. The Balaban J connectivity index is 1.58. The summed E-state index contributed by atoms with van der Waals surface area (Å²) in [6.07, 6.45) is 2.43. The molecule has 1 N–H and O–H groups in total. The lowest BCUT2D eigenvalue weighted by molar-refractivity contribution is 0.599. The van der Waals surface area contributed by atoms with Gasteiger partial charge in [-0.1, -0.05) is 23.7 Å². The SMILES string of the molecule is O=S1(=O)CCCN1c1cccc(CNc2ccnc3ccc(Cl)cc23)c1. The van der Waals surface area contributed by atoms with E-state index in [1.807, 2.05) is 48.5 Å². The number of nitrogens with zero attached hydrogens (tertiary/aromatic N) is 2. The van der Waals surface area contributed by atoms with Crippen LogP contribution in [0.2, 0.25) is 5.02 Å². The average molecular weight is 388 g/mol. The summed E-state index contributed by atoms with van der Waals surface area (Å²) in [4.78, 5) is 4.35. The normalized spacial score (nSPS) is 16.1.